The number of benzene rings is 2. The van der Waals surface area contributed by atoms with Crippen LogP contribution < -0.4 is 10.1 Å². The Morgan fingerprint density at radius 2 is 1.94 bits per heavy atom. The molecule has 162 valence electrons. The zero-order valence-corrected chi connectivity index (χ0v) is 18.3. The number of piperidine rings is 1. The molecule has 0 aliphatic carbocycles. The topological polar surface area (TPSA) is 64.4 Å². The number of Topliss-reactive ketones (excluding diaryl/α,β-unsaturated/α-hetero) is 1. The van der Waals surface area contributed by atoms with Gasteiger partial charge in [0.05, 0.1) is 12.3 Å². The van der Waals surface area contributed by atoms with Gasteiger partial charge in [-0.3, -0.25) is 4.79 Å². The number of oxazole rings is 1. The molecule has 3 aromatic rings. The van der Waals surface area contributed by atoms with Crippen molar-refractivity contribution in [1.82, 2.24) is 10.3 Å². The zero-order chi connectivity index (χ0) is 21.6. The Labute approximate surface area is 183 Å². The van der Waals surface area contributed by atoms with E-state index in [9.17, 15) is 4.79 Å². The van der Waals surface area contributed by atoms with E-state index >= 15 is 0 Å². The average molecular weight is 419 g/mol. The Hall–Kier alpha value is -2.92. The summed E-state index contributed by atoms with van der Waals surface area (Å²) in [5.41, 5.74) is 3.15. The number of ether oxygens (including phenoxy) is 1. The fourth-order valence-corrected chi connectivity index (χ4v) is 4.33. The van der Waals surface area contributed by atoms with Gasteiger partial charge in [-0.25, -0.2) is 4.98 Å². The van der Waals surface area contributed by atoms with Crippen molar-refractivity contribution in [3.05, 3.63) is 71.6 Å². The summed E-state index contributed by atoms with van der Waals surface area (Å²) in [5, 5.41) is 3.42. The van der Waals surface area contributed by atoms with Crippen LogP contribution in [-0.4, -0.2) is 30.5 Å². The predicted molar refractivity (Wildman–Crippen MR) is 121 cm³/mol. The van der Waals surface area contributed by atoms with Crippen molar-refractivity contribution in [2.45, 2.75) is 33.1 Å². The second-order valence-electron chi connectivity index (χ2n) is 8.30. The van der Waals surface area contributed by atoms with Gasteiger partial charge in [-0.15, -0.1) is 0 Å². The Morgan fingerprint density at radius 1 is 1.16 bits per heavy atom. The molecule has 0 radical (unpaired) electrons. The van der Waals surface area contributed by atoms with E-state index in [2.05, 4.69) is 22.4 Å². The number of aryl methyl sites for hydroxylation is 1. The summed E-state index contributed by atoms with van der Waals surface area (Å²) in [5.74, 6) is 3.18. The molecule has 2 atom stereocenters. The number of aromatic nitrogens is 1. The third-order valence-electron chi connectivity index (χ3n) is 6.07. The first-order chi connectivity index (χ1) is 15.1. The van der Waals surface area contributed by atoms with Crippen LogP contribution in [0.2, 0.25) is 0 Å². The van der Waals surface area contributed by atoms with E-state index in [1.807, 2.05) is 49.4 Å². The lowest BCUT2D eigenvalue weighted by molar-refractivity contribution is -0.123. The molecule has 0 bridgehead atoms. The van der Waals surface area contributed by atoms with E-state index in [-0.39, 0.29) is 5.92 Å². The summed E-state index contributed by atoms with van der Waals surface area (Å²) >= 11 is 0. The second-order valence-corrected chi connectivity index (χ2v) is 8.30. The fraction of sp³-hybridized carbons (Fsp3) is 0.385. The molecule has 1 saturated heterocycles. The highest BCUT2D eigenvalue weighted by molar-refractivity contribution is 5.78. The Morgan fingerprint density at radius 3 is 2.68 bits per heavy atom. The molecule has 5 heteroatoms. The number of ketones is 1. The molecule has 0 spiro atoms. The van der Waals surface area contributed by atoms with Gasteiger partial charge in [0.1, 0.15) is 17.3 Å². The van der Waals surface area contributed by atoms with E-state index in [0.717, 1.165) is 48.7 Å². The van der Waals surface area contributed by atoms with Crippen LogP contribution in [-0.2, 0) is 17.6 Å². The molecule has 4 rings (SSSR count). The Bertz CT molecular complexity index is 995. The molecule has 0 unspecified atom stereocenters. The van der Waals surface area contributed by atoms with Crippen molar-refractivity contribution in [3.63, 3.8) is 0 Å². The van der Waals surface area contributed by atoms with Crippen molar-refractivity contribution in [2.24, 2.45) is 11.8 Å². The SMILES string of the molecule is CC(=O)[C@H]1CCNC[C@H]1Cc1ccc(OCCc2nc(-c3ccccc3)oc2C)cc1. The third-order valence-corrected chi connectivity index (χ3v) is 6.07. The van der Waals surface area contributed by atoms with Crippen LogP contribution >= 0.6 is 0 Å². The van der Waals surface area contributed by atoms with Crippen molar-refractivity contribution in [1.29, 1.82) is 0 Å². The standard InChI is InChI=1S/C26H30N2O3/c1-18(29)24-12-14-27-17-22(24)16-20-8-10-23(11-9-20)30-15-13-25-19(2)31-26(28-25)21-6-4-3-5-7-21/h3-11,22,24,27H,12-17H2,1-2H3/t22-,24-/m1/s1. The first-order valence-corrected chi connectivity index (χ1v) is 11.0. The maximum Gasteiger partial charge on any atom is 0.226 e. The number of hydrogen-bond acceptors (Lipinski definition) is 5. The number of carbonyl (C=O) groups is 1. The molecule has 1 aromatic heterocycles. The van der Waals surface area contributed by atoms with Crippen molar-refractivity contribution >= 4 is 5.78 Å². The summed E-state index contributed by atoms with van der Waals surface area (Å²) in [4.78, 5) is 16.6. The van der Waals surface area contributed by atoms with E-state index in [0.29, 0.717) is 30.6 Å². The minimum atomic E-state index is 0.170. The highest BCUT2D eigenvalue weighted by Crippen LogP contribution is 2.25. The first kappa shape index (κ1) is 21.3. The van der Waals surface area contributed by atoms with E-state index in [4.69, 9.17) is 9.15 Å². The third kappa shape index (κ3) is 5.42. The van der Waals surface area contributed by atoms with Gasteiger partial charge >= 0.3 is 0 Å². The zero-order valence-electron chi connectivity index (χ0n) is 18.3. The summed E-state index contributed by atoms with van der Waals surface area (Å²) < 4.78 is 11.8. The molecule has 31 heavy (non-hydrogen) atoms. The quantitative estimate of drug-likeness (QED) is 0.578. The maximum absolute atomic E-state index is 11.9. The van der Waals surface area contributed by atoms with Crippen molar-refractivity contribution in [2.75, 3.05) is 19.7 Å². The normalized spacial score (nSPS) is 18.6. The summed E-state index contributed by atoms with van der Waals surface area (Å²) in [6, 6.07) is 18.2. The van der Waals surface area contributed by atoms with Crippen LogP contribution in [0.4, 0.5) is 0 Å². The van der Waals surface area contributed by atoms with Crippen LogP contribution in [0, 0.1) is 18.8 Å². The van der Waals surface area contributed by atoms with Gasteiger partial charge in [-0.05, 0) is 75.5 Å². The smallest absolute Gasteiger partial charge is 0.226 e. The Kier molecular flexibility index (Phi) is 6.82. The molecular formula is C26H30N2O3. The second kappa shape index (κ2) is 9.92. The minimum Gasteiger partial charge on any atom is -0.493 e. The lowest BCUT2D eigenvalue weighted by Gasteiger charge is -2.30. The molecule has 0 amide bonds. The highest BCUT2D eigenvalue weighted by Gasteiger charge is 2.28. The number of hydrogen-bond donors (Lipinski definition) is 1. The molecule has 2 aromatic carbocycles. The van der Waals surface area contributed by atoms with Gasteiger partial charge in [0, 0.05) is 17.9 Å². The number of nitrogens with one attached hydrogen (secondary N) is 1. The summed E-state index contributed by atoms with van der Waals surface area (Å²) in [6.07, 6.45) is 2.55. The number of nitrogens with zero attached hydrogens (tertiary/aromatic N) is 1. The number of carbonyl (C=O) groups excluding carboxylic acids is 1. The lowest BCUT2D eigenvalue weighted by atomic mass is 9.80. The average Bonchev–Trinajstić information content (AvgIpc) is 3.16. The molecule has 0 saturated carbocycles. The Balaban J connectivity index is 1.30. The molecule has 1 aliphatic heterocycles. The number of rotatable bonds is 8. The molecule has 1 aliphatic rings. The fourth-order valence-electron chi connectivity index (χ4n) is 4.33. The van der Waals surface area contributed by atoms with Gasteiger partial charge in [0.2, 0.25) is 5.89 Å². The molecule has 5 nitrogen and oxygen atoms in total. The van der Waals surface area contributed by atoms with Crippen LogP contribution in [0.25, 0.3) is 11.5 Å². The van der Waals surface area contributed by atoms with Crippen LogP contribution in [0.5, 0.6) is 5.75 Å². The van der Waals surface area contributed by atoms with Crippen molar-refractivity contribution in [3.8, 4) is 17.2 Å². The van der Waals surface area contributed by atoms with E-state index < -0.39 is 0 Å². The van der Waals surface area contributed by atoms with Crippen LogP contribution in [0.1, 0.15) is 30.4 Å². The van der Waals surface area contributed by atoms with Gasteiger partial charge in [0.15, 0.2) is 0 Å². The summed E-state index contributed by atoms with van der Waals surface area (Å²) in [6.45, 7) is 6.05. The van der Waals surface area contributed by atoms with E-state index in [1.54, 1.807) is 6.92 Å². The van der Waals surface area contributed by atoms with E-state index in [1.165, 1.54) is 5.56 Å². The lowest BCUT2D eigenvalue weighted by Crippen LogP contribution is -2.40. The van der Waals surface area contributed by atoms with Gasteiger partial charge in [0.25, 0.3) is 0 Å². The highest BCUT2D eigenvalue weighted by atomic mass is 16.5. The molecule has 1 N–H and O–H groups in total. The minimum absolute atomic E-state index is 0.170. The van der Waals surface area contributed by atoms with Gasteiger partial charge in [-0.2, -0.15) is 0 Å². The van der Waals surface area contributed by atoms with Crippen LogP contribution in [0.3, 0.4) is 0 Å². The molecule has 1 fully saturated rings. The molecule has 2 heterocycles. The van der Waals surface area contributed by atoms with Crippen LogP contribution in [0.15, 0.2) is 59.0 Å². The largest absolute Gasteiger partial charge is 0.493 e. The first-order valence-electron chi connectivity index (χ1n) is 11.0. The van der Waals surface area contributed by atoms with Gasteiger partial charge < -0.3 is 14.5 Å². The van der Waals surface area contributed by atoms with Crippen molar-refractivity contribution < 1.29 is 13.9 Å². The van der Waals surface area contributed by atoms with Gasteiger partial charge in [-0.1, -0.05) is 30.3 Å². The maximum atomic E-state index is 11.9. The summed E-state index contributed by atoms with van der Waals surface area (Å²) in [7, 11) is 0. The molecular weight excluding hydrogens is 388 g/mol. The monoisotopic (exact) mass is 418 g/mol. The predicted octanol–water partition coefficient (Wildman–Crippen LogP) is 4.63.